The summed E-state index contributed by atoms with van der Waals surface area (Å²) in [5.41, 5.74) is 0.853. The zero-order valence-electron chi connectivity index (χ0n) is 18.8. The van der Waals surface area contributed by atoms with Crippen LogP contribution >= 0.6 is 0 Å². The summed E-state index contributed by atoms with van der Waals surface area (Å²) in [5.74, 6) is -1.77. The number of sulfone groups is 1. The molecule has 2 saturated heterocycles. The molecule has 0 unspecified atom stereocenters. The van der Waals surface area contributed by atoms with E-state index in [1.165, 1.54) is 0 Å². The molecule has 1 amide bonds. The van der Waals surface area contributed by atoms with Crippen molar-refractivity contribution in [1.29, 1.82) is 0 Å². The largest absolute Gasteiger partial charge is 0.341 e. The van der Waals surface area contributed by atoms with Gasteiger partial charge in [0.05, 0.1) is 4.90 Å². The Hall–Kier alpha value is -2.62. The van der Waals surface area contributed by atoms with E-state index in [2.05, 4.69) is 21.8 Å². The summed E-state index contributed by atoms with van der Waals surface area (Å²) in [5, 5.41) is 0. The van der Waals surface area contributed by atoms with E-state index in [9.17, 15) is 22.0 Å². The fraction of sp³-hybridized carbons (Fsp3) is 0.522. The minimum Gasteiger partial charge on any atom is -0.341 e. The Morgan fingerprint density at radius 3 is 2.18 bits per heavy atom. The first-order valence-electron chi connectivity index (χ1n) is 11.2. The molecule has 10 heteroatoms. The average Bonchev–Trinajstić information content (AvgIpc) is 3.15. The maximum atomic E-state index is 14.5. The molecule has 3 heterocycles. The molecule has 4 rings (SSSR count). The zero-order valence-corrected chi connectivity index (χ0v) is 19.6. The molecule has 178 valence electrons. The molecule has 2 aliphatic rings. The number of likely N-dealkylation sites (tertiary alicyclic amines) is 1. The molecule has 33 heavy (non-hydrogen) atoms. The lowest BCUT2D eigenvalue weighted by atomic mass is 9.97. The number of piperidine rings is 1. The fourth-order valence-electron chi connectivity index (χ4n) is 4.62. The number of amides is 1. The predicted octanol–water partition coefficient (Wildman–Crippen LogP) is 2.78. The van der Waals surface area contributed by atoms with E-state index >= 15 is 0 Å². The van der Waals surface area contributed by atoms with Crippen molar-refractivity contribution in [3.63, 3.8) is 0 Å². The molecular formula is C23H28F2N4O3S. The van der Waals surface area contributed by atoms with Crippen LogP contribution in [0.3, 0.4) is 0 Å². The number of benzene rings is 1. The Bertz CT molecular complexity index is 1110. The predicted molar refractivity (Wildman–Crippen MR) is 120 cm³/mol. The second kappa shape index (κ2) is 9.32. The van der Waals surface area contributed by atoms with Crippen LogP contribution in [0.1, 0.15) is 37.3 Å². The van der Waals surface area contributed by atoms with Crippen molar-refractivity contribution in [3.8, 4) is 0 Å². The molecular weight excluding hydrogens is 450 g/mol. The molecule has 1 atom stereocenters. The third kappa shape index (κ3) is 5.00. The van der Waals surface area contributed by atoms with Crippen molar-refractivity contribution < 1.29 is 22.0 Å². The molecule has 0 bridgehead atoms. The van der Waals surface area contributed by atoms with E-state index in [1.807, 2.05) is 17.3 Å². The van der Waals surface area contributed by atoms with E-state index in [4.69, 9.17) is 0 Å². The second-order valence-electron chi connectivity index (χ2n) is 8.82. The molecule has 0 saturated carbocycles. The zero-order chi connectivity index (χ0) is 23.8. The minimum absolute atomic E-state index is 0.0759. The van der Waals surface area contributed by atoms with Gasteiger partial charge in [-0.15, -0.1) is 0 Å². The quantitative estimate of drug-likeness (QED) is 0.635. The van der Waals surface area contributed by atoms with Crippen LogP contribution in [0.25, 0.3) is 0 Å². The van der Waals surface area contributed by atoms with Crippen molar-refractivity contribution >= 4 is 21.7 Å². The van der Waals surface area contributed by atoms with E-state index < -0.39 is 32.3 Å². The highest BCUT2D eigenvalue weighted by Crippen LogP contribution is 2.30. The van der Waals surface area contributed by atoms with Gasteiger partial charge < -0.3 is 9.80 Å². The van der Waals surface area contributed by atoms with Gasteiger partial charge in [-0.3, -0.25) is 4.79 Å². The van der Waals surface area contributed by atoms with Gasteiger partial charge in [0.1, 0.15) is 11.6 Å². The van der Waals surface area contributed by atoms with Crippen molar-refractivity contribution in [2.75, 3.05) is 30.8 Å². The van der Waals surface area contributed by atoms with E-state index in [0.29, 0.717) is 18.9 Å². The van der Waals surface area contributed by atoms with Gasteiger partial charge in [0.25, 0.3) is 0 Å². The molecule has 7 nitrogen and oxygen atoms in total. The monoisotopic (exact) mass is 478 g/mol. The number of halogens is 2. The van der Waals surface area contributed by atoms with Gasteiger partial charge in [0.2, 0.25) is 11.9 Å². The Morgan fingerprint density at radius 1 is 1.03 bits per heavy atom. The topological polar surface area (TPSA) is 83.5 Å². The molecule has 0 N–H and O–H groups in total. The van der Waals surface area contributed by atoms with Gasteiger partial charge in [-0.1, -0.05) is 6.92 Å². The molecule has 0 spiro atoms. The van der Waals surface area contributed by atoms with Crippen LogP contribution in [-0.4, -0.2) is 61.1 Å². The number of rotatable bonds is 6. The average molecular weight is 479 g/mol. The summed E-state index contributed by atoms with van der Waals surface area (Å²) in [6.45, 7) is 4.08. The van der Waals surface area contributed by atoms with E-state index in [-0.39, 0.29) is 23.9 Å². The van der Waals surface area contributed by atoms with E-state index in [1.54, 1.807) is 0 Å². The number of anilines is 1. The fourth-order valence-corrected chi connectivity index (χ4v) is 5.26. The lowest BCUT2D eigenvalue weighted by molar-refractivity contribution is -0.133. The minimum atomic E-state index is -3.72. The maximum absolute atomic E-state index is 14.5. The van der Waals surface area contributed by atoms with E-state index in [0.717, 1.165) is 56.3 Å². The number of aromatic nitrogens is 2. The van der Waals surface area contributed by atoms with Crippen molar-refractivity contribution in [2.24, 2.45) is 5.92 Å². The number of nitrogens with zero attached hydrogens (tertiary/aromatic N) is 4. The Kier molecular flexibility index (Phi) is 6.65. The van der Waals surface area contributed by atoms with Crippen molar-refractivity contribution in [1.82, 2.24) is 14.9 Å². The van der Waals surface area contributed by atoms with Crippen LogP contribution in [0.4, 0.5) is 14.7 Å². The van der Waals surface area contributed by atoms with Crippen LogP contribution < -0.4 is 4.90 Å². The molecule has 1 aromatic carbocycles. The highest BCUT2D eigenvalue weighted by molar-refractivity contribution is 7.90. The lowest BCUT2D eigenvalue weighted by Crippen LogP contribution is -2.46. The molecule has 2 aliphatic heterocycles. The normalized spacial score (nSPS) is 20.0. The SMILES string of the molecule is CCc1cnc(N2CCC(N3CC[C@H](Cc4c(F)cc(S(C)(=O)=O)cc4F)C3=O)CC2)nc1. The molecule has 1 aromatic heterocycles. The second-order valence-corrected chi connectivity index (χ2v) is 10.8. The maximum Gasteiger partial charge on any atom is 0.226 e. The van der Waals surface area contributed by atoms with Crippen molar-refractivity contribution in [3.05, 3.63) is 47.3 Å². The van der Waals surface area contributed by atoms with Crippen LogP contribution in [0.5, 0.6) is 0 Å². The third-order valence-corrected chi connectivity index (χ3v) is 7.72. The van der Waals surface area contributed by atoms with Gasteiger partial charge in [-0.25, -0.2) is 27.2 Å². The van der Waals surface area contributed by atoms with Crippen LogP contribution in [0.15, 0.2) is 29.4 Å². The van der Waals surface area contributed by atoms with Gasteiger partial charge in [-0.05, 0) is 49.8 Å². The number of hydrogen-bond acceptors (Lipinski definition) is 6. The third-order valence-electron chi connectivity index (χ3n) is 6.63. The summed E-state index contributed by atoms with van der Waals surface area (Å²) in [6.07, 6.45) is 7.47. The van der Waals surface area contributed by atoms with Gasteiger partial charge in [-0.2, -0.15) is 0 Å². The Balaban J connectivity index is 1.38. The Labute approximate surface area is 192 Å². The molecule has 2 fully saturated rings. The first-order valence-corrected chi connectivity index (χ1v) is 13.1. The number of carbonyl (C=O) groups is 1. The highest BCUT2D eigenvalue weighted by atomic mass is 32.2. The summed E-state index contributed by atoms with van der Waals surface area (Å²) in [4.78, 5) is 25.4. The molecule has 0 aliphatic carbocycles. The van der Waals surface area contributed by atoms with Gasteiger partial charge in [0, 0.05) is 55.8 Å². The molecule has 2 aromatic rings. The van der Waals surface area contributed by atoms with Gasteiger partial charge in [0.15, 0.2) is 9.84 Å². The highest BCUT2D eigenvalue weighted by Gasteiger charge is 2.38. The lowest BCUT2D eigenvalue weighted by Gasteiger charge is -2.36. The van der Waals surface area contributed by atoms with Crippen LogP contribution in [-0.2, 0) is 27.5 Å². The first-order chi connectivity index (χ1) is 15.7. The number of aryl methyl sites for hydroxylation is 1. The summed E-state index contributed by atoms with van der Waals surface area (Å²) >= 11 is 0. The standard InChI is InChI=1S/C23H28F2N4O3S/c1-3-15-13-26-23(27-14-15)28-7-5-17(6-8-28)29-9-4-16(22(29)30)10-19-20(24)11-18(12-21(19)25)33(2,31)32/h11-14,16-17H,3-10H2,1-2H3/t16-/m1/s1. The number of hydrogen-bond donors (Lipinski definition) is 0. The number of carbonyl (C=O) groups excluding carboxylic acids is 1. The first kappa shape index (κ1) is 23.5. The molecule has 0 radical (unpaired) electrons. The Morgan fingerprint density at radius 2 is 1.64 bits per heavy atom. The van der Waals surface area contributed by atoms with Gasteiger partial charge >= 0.3 is 0 Å². The summed E-state index contributed by atoms with van der Waals surface area (Å²) in [7, 11) is -3.72. The van der Waals surface area contributed by atoms with Crippen LogP contribution in [0.2, 0.25) is 0 Å². The smallest absolute Gasteiger partial charge is 0.226 e. The summed E-state index contributed by atoms with van der Waals surface area (Å²) < 4.78 is 52.2. The van der Waals surface area contributed by atoms with Crippen LogP contribution in [0, 0.1) is 17.6 Å². The van der Waals surface area contributed by atoms with Crippen molar-refractivity contribution in [2.45, 2.75) is 50.0 Å². The summed E-state index contributed by atoms with van der Waals surface area (Å²) in [6, 6.07) is 1.74.